The molecule has 1 aromatic rings. The average molecular weight is 210 g/mol. The summed E-state index contributed by atoms with van der Waals surface area (Å²) in [6.07, 6.45) is 0. The van der Waals surface area contributed by atoms with Gasteiger partial charge in [0.25, 0.3) is 0 Å². The SMILES string of the molecule is COCC(C)(C)Nc1cc(C)nc(N)n1. The first-order valence-corrected chi connectivity index (χ1v) is 4.81. The van der Waals surface area contributed by atoms with Crippen LogP contribution in [-0.4, -0.2) is 29.2 Å². The Bertz CT molecular complexity index is 318. The molecule has 84 valence electrons. The zero-order valence-corrected chi connectivity index (χ0v) is 9.66. The lowest BCUT2D eigenvalue weighted by Crippen LogP contribution is -2.36. The maximum atomic E-state index is 5.56. The van der Waals surface area contributed by atoms with Crippen molar-refractivity contribution in [1.82, 2.24) is 9.97 Å². The molecule has 0 aliphatic rings. The van der Waals surface area contributed by atoms with Crippen LogP contribution in [0.3, 0.4) is 0 Å². The van der Waals surface area contributed by atoms with Gasteiger partial charge in [0.05, 0.1) is 12.1 Å². The van der Waals surface area contributed by atoms with Crippen LogP contribution in [0.4, 0.5) is 11.8 Å². The van der Waals surface area contributed by atoms with E-state index in [-0.39, 0.29) is 11.5 Å². The monoisotopic (exact) mass is 210 g/mol. The third-order valence-corrected chi connectivity index (χ3v) is 1.84. The Kier molecular flexibility index (Phi) is 3.47. The topological polar surface area (TPSA) is 73.1 Å². The average Bonchev–Trinajstić information content (AvgIpc) is 1.99. The van der Waals surface area contributed by atoms with Gasteiger partial charge in [0.1, 0.15) is 5.82 Å². The quantitative estimate of drug-likeness (QED) is 0.781. The highest BCUT2D eigenvalue weighted by atomic mass is 16.5. The molecule has 15 heavy (non-hydrogen) atoms. The van der Waals surface area contributed by atoms with Crippen LogP contribution in [-0.2, 0) is 4.74 Å². The zero-order chi connectivity index (χ0) is 11.5. The van der Waals surface area contributed by atoms with Crippen molar-refractivity contribution in [3.63, 3.8) is 0 Å². The highest BCUT2D eigenvalue weighted by molar-refractivity contribution is 5.42. The predicted octanol–water partition coefficient (Wildman–Crippen LogP) is 1.20. The molecule has 0 bridgehead atoms. The Labute approximate surface area is 90.1 Å². The molecular weight excluding hydrogens is 192 g/mol. The molecule has 5 heteroatoms. The molecule has 0 unspecified atom stereocenters. The van der Waals surface area contributed by atoms with Crippen LogP contribution in [0.25, 0.3) is 0 Å². The lowest BCUT2D eigenvalue weighted by molar-refractivity contribution is 0.158. The summed E-state index contributed by atoms with van der Waals surface area (Å²) in [6.45, 7) is 6.54. The first-order valence-electron chi connectivity index (χ1n) is 4.81. The van der Waals surface area contributed by atoms with E-state index in [4.69, 9.17) is 10.5 Å². The van der Waals surface area contributed by atoms with Crippen LogP contribution in [0.5, 0.6) is 0 Å². The molecule has 0 fully saturated rings. The molecular formula is C10H18N4O. The zero-order valence-electron chi connectivity index (χ0n) is 9.66. The van der Waals surface area contributed by atoms with Crippen molar-refractivity contribution in [2.45, 2.75) is 26.3 Å². The molecule has 1 aromatic heterocycles. The normalized spacial score (nSPS) is 11.5. The summed E-state index contributed by atoms with van der Waals surface area (Å²) < 4.78 is 5.10. The standard InChI is InChI=1S/C10H18N4O/c1-7-5-8(13-9(11)12-7)14-10(2,3)6-15-4/h5H,6H2,1-4H3,(H3,11,12,13,14). The number of aromatic nitrogens is 2. The van der Waals surface area contributed by atoms with Crippen LogP contribution in [0, 0.1) is 6.92 Å². The van der Waals surface area contributed by atoms with Crippen molar-refractivity contribution in [2.24, 2.45) is 0 Å². The van der Waals surface area contributed by atoms with Gasteiger partial charge in [-0.2, -0.15) is 4.98 Å². The second-order valence-electron chi connectivity index (χ2n) is 4.19. The fourth-order valence-corrected chi connectivity index (χ4v) is 1.40. The molecule has 0 saturated heterocycles. The van der Waals surface area contributed by atoms with Gasteiger partial charge in [-0.15, -0.1) is 0 Å². The Morgan fingerprint density at radius 2 is 2.13 bits per heavy atom. The molecule has 1 rings (SSSR count). The Balaban J connectivity index is 2.80. The summed E-state index contributed by atoms with van der Waals surface area (Å²) in [5.74, 6) is 1.01. The highest BCUT2D eigenvalue weighted by Crippen LogP contribution is 2.14. The van der Waals surface area contributed by atoms with E-state index in [1.165, 1.54) is 0 Å². The summed E-state index contributed by atoms with van der Waals surface area (Å²) >= 11 is 0. The van der Waals surface area contributed by atoms with E-state index >= 15 is 0 Å². The van der Waals surface area contributed by atoms with E-state index in [1.54, 1.807) is 7.11 Å². The molecule has 0 amide bonds. The number of nitrogen functional groups attached to an aromatic ring is 1. The van der Waals surface area contributed by atoms with E-state index in [2.05, 4.69) is 15.3 Å². The van der Waals surface area contributed by atoms with Crippen LogP contribution in [0.2, 0.25) is 0 Å². The fraction of sp³-hybridized carbons (Fsp3) is 0.600. The van der Waals surface area contributed by atoms with Crippen molar-refractivity contribution < 1.29 is 4.74 Å². The van der Waals surface area contributed by atoms with Gasteiger partial charge in [0, 0.05) is 18.9 Å². The molecule has 0 aliphatic carbocycles. The van der Waals surface area contributed by atoms with Gasteiger partial charge in [-0.1, -0.05) is 0 Å². The number of nitrogens with two attached hydrogens (primary N) is 1. The molecule has 0 aromatic carbocycles. The Morgan fingerprint density at radius 3 is 2.67 bits per heavy atom. The van der Waals surface area contributed by atoms with Crippen LogP contribution in [0.15, 0.2) is 6.07 Å². The summed E-state index contributed by atoms with van der Waals surface area (Å²) in [6, 6.07) is 1.85. The Hall–Kier alpha value is -1.36. The van der Waals surface area contributed by atoms with Gasteiger partial charge in [-0.05, 0) is 20.8 Å². The number of rotatable bonds is 4. The van der Waals surface area contributed by atoms with E-state index in [1.807, 2.05) is 26.8 Å². The van der Waals surface area contributed by atoms with Crippen molar-refractivity contribution >= 4 is 11.8 Å². The lowest BCUT2D eigenvalue weighted by atomic mass is 10.1. The molecule has 0 radical (unpaired) electrons. The van der Waals surface area contributed by atoms with E-state index in [9.17, 15) is 0 Å². The van der Waals surface area contributed by atoms with Crippen LogP contribution in [0.1, 0.15) is 19.5 Å². The largest absolute Gasteiger partial charge is 0.382 e. The Morgan fingerprint density at radius 1 is 1.47 bits per heavy atom. The van der Waals surface area contributed by atoms with E-state index < -0.39 is 0 Å². The maximum absolute atomic E-state index is 5.56. The smallest absolute Gasteiger partial charge is 0.222 e. The second-order valence-corrected chi connectivity index (χ2v) is 4.19. The summed E-state index contributed by atoms with van der Waals surface area (Å²) in [7, 11) is 1.67. The van der Waals surface area contributed by atoms with E-state index in [0.717, 1.165) is 11.5 Å². The van der Waals surface area contributed by atoms with Crippen LogP contribution < -0.4 is 11.1 Å². The number of ether oxygens (including phenoxy) is 1. The maximum Gasteiger partial charge on any atom is 0.222 e. The number of nitrogens with one attached hydrogen (secondary N) is 1. The van der Waals surface area contributed by atoms with Gasteiger partial charge < -0.3 is 15.8 Å². The van der Waals surface area contributed by atoms with E-state index in [0.29, 0.717) is 6.61 Å². The molecule has 0 aliphatic heterocycles. The second kappa shape index (κ2) is 4.44. The van der Waals surface area contributed by atoms with Crippen molar-refractivity contribution in [1.29, 1.82) is 0 Å². The van der Waals surface area contributed by atoms with Crippen molar-refractivity contribution in [2.75, 3.05) is 24.8 Å². The summed E-state index contributed by atoms with van der Waals surface area (Å²) in [5.41, 5.74) is 6.23. The van der Waals surface area contributed by atoms with Crippen LogP contribution >= 0.6 is 0 Å². The van der Waals surface area contributed by atoms with Gasteiger partial charge >= 0.3 is 0 Å². The predicted molar refractivity (Wildman–Crippen MR) is 60.8 cm³/mol. The molecule has 0 atom stereocenters. The van der Waals surface area contributed by atoms with Crippen molar-refractivity contribution in [3.05, 3.63) is 11.8 Å². The summed E-state index contributed by atoms with van der Waals surface area (Å²) in [4.78, 5) is 8.11. The number of hydrogen-bond donors (Lipinski definition) is 2. The van der Waals surface area contributed by atoms with Gasteiger partial charge in [0.15, 0.2) is 0 Å². The van der Waals surface area contributed by atoms with Gasteiger partial charge in [0.2, 0.25) is 5.95 Å². The fourth-order valence-electron chi connectivity index (χ4n) is 1.40. The first-order chi connectivity index (χ1) is 6.93. The number of methoxy groups -OCH3 is 1. The molecule has 0 spiro atoms. The molecule has 0 saturated carbocycles. The molecule has 5 nitrogen and oxygen atoms in total. The third kappa shape index (κ3) is 3.71. The lowest BCUT2D eigenvalue weighted by Gasteiger charge is -2.25. The van der Waals surface area contributed by atoms with Gasteiger partial charge in [-0.25, -0.2) is 4.98 Å². The minimum absolute atomic E-state index is 0.179. The van der Waals surface area contributed by atoms with Crippen molar-refractivity contribution in [3.8, 4) is 0 Å². The molecule has 3 N–H and O–H groups in total. The minimum atomic E-state index is -0.179. The highest BCUT2D eigenvalue weighted by Gasteiger charge is 2.17. The third-order valence-electron chi connectivity index (χ3n) is 1.84. The molecule has 1 heterocycles. The number of hydrogen-bond acceptors (Lipinski definition) is 5. The van der Waals surface area contributed by atoms with Gasteiger partial charge in [-0.3, -0.25) is 0 Å². The summed E-state index contributed by atoms with van der Waals surface area (Å²) in [5, 5.41) is 3.24. The number of anilines is 2. The minimum Gasteiger partial charge on any atom is -0.382 e. The number of aryl methyl sites for hydroxylation is 1. The first kappa shape index (κ1) is 11.7. The number of nitrogens with zero attached hydrogens (tertiary/aromatic N) is 2.